The van der Waals surface area contributed by atoms with Gasteiger partial charge in [0.05, 0.1) is 19.3 Å². The highest BCUT2D eigenvalue weighted by atomic mass is 16.5. The van der Waals surface area contributed by atoms with Gasteiger partial charge in [0.15, 0.2) is 0 Å². The number of nitrogens with zero attached hydrogens (tertiary/aromatic N) is 3. The van der Waals surface area contributed by atoms with E-state index in [1.807, 2.05) is 24.8 Å². The van der Waals surface area contributed by atoms with E-state index in [0.29, 0.717) is 18.5 Å². The Balaban J connectivity index is 1.61. The number of hydrogen-bond donors (Lipinski definition) is 1. The molecule has 0 bridgehead atoms. The van der Waals surface area contributed by atoms with Gasteiger partial charge in [0.1, 0.15) is 0 Å². The number of aromatic nitrogens is 3. The van der Waals surface area contributed by atoms with Crippen LogP contribution in [0, 0.1) is 5.92 Å². The largest absolute Gasteiger partial charge is 0.379 e. The van der Waals surface area contributed by atoms with Crippen molar-refractivity contribution in [2.75, 3.05) is 18.5 Å². The molecule has 0 aliphatic carbocycles. The monoisotopic (exact) mass is 298 g/mol. The lowest BCUT2D eigenvalue weighted by Gasteiger charge is -2.19. The van der Waals surface area contributed by atoms with E-state index in [-0.39, 0.29) is 6.04 Å². The molecule has 2 aromatic rings. The van der Waals surface area contributed by atoms with Crippen LogP contribution in [0.4, 0.5) is 5.95 Å². The molecule has 3 rings (SSSR count). The molecule has 2 aromatic heterocycles. The average molecular weight is 298 g/mol. The van der Waals surface area contributed by atoms with Crippen molar-refractivity contribution in [1.82, 2.24) is 15.0 Å². The van der Waals surface area contributed by atoms with Crippen molar-refractivity contribution in [3.05, 3.63) is 48.0 Å². The molecule has 3 heterocycles. The number of anilines is 1. The van der Waals surface area contributed by atoms with E-state index in [9.17, 15) is 0 Å². The molecule has 5 heteroatoms. The van der Waals surface area contributed by atoms with Gasteiger partial charge in [-0.1, -0.05) is 13.3 Å². The molecule has 2 atom stereocenters. The van der Waals surface area contributed by atoms with E-state index in [2.05, 4.69) is 39.3 Å². The molecule has 22 heavy (non-hydrogen) atoms. The molecule has 1 saturated heterocycles. The quantitative estimate of drug-likeness (QED) is 0.888. The van der Waals surface area contributed by atoms with Crippen LogP contribution < -0.4 is 5.32 Å². The Morgan fingerprint density at radius 2 is 1.91 bits per heavy atom. The topological polar surface area (TPSA) is 59.9 Å². The SMILES string of the molecule is CCCc1cnc(N[C@@H]2COC[C@H]2Cc2ccncc2)nc1. The van der Waals surface area contributed by atoms with Crippen molar-refractivity contribution in [2.45, 2.75) is 32.2 Å². The zero-order chi connectivity index (χ0) is 15.2. The first-order valence-corrected chi connectivity index (χ1v) is 7.89. The fraction of sp³-hybridized carbons (Fsp3) is 0.471. The minimum atomic E-state index is 0.255. The van der Waals surface area contributed by atoms with Crippen molar-refractivity contribution < 1.29 is 4.74 Å². The number of pyridine rings is 1. The first-order chi connectivity index (χ1) is 10.8. The summed E-state index contributed by atoms with van der Waals surface area (Å²) in [6.45, 7) is 3.63. The number of aryl methyl sites for hydroxylation is 1. The summed E-state index contributed by atoms with van der Waals surface area (Å²) in [7, 11) is 0. The smallest absolute Gasteiger partial charge is 0.222 e. The second kappa shape index (κ2) is 7.31. The van der Waals surface area contributed by atoms with Gasteiger partial charge in [-0.05, 0) is 36.1 Å². The Bertz CT molecular complexity index is 573. The van der Waals surface area contributed by atoms with Crippen LogP contribution in [-0.4, -0.2) is 34.2 Å². The standard InChI is InChI=1S/C17H22N4O/c1-2-3-14-9-19-17(20-10-14)21-16-12-22-11-15(16)8-13-4-6-18-7-5-13/h4-7,9-10,15-16H,2-3,8,11-12H2,1H3,(H,19,20,21)/t15-,16-/m1/s1. The molecule has 0 radical (unpaired) electrons. The molecule has 1 N–H and O–H groups in total. The van der Waals surface area contributed by atoms with Crippen LogP contribution in [0.1, 0.15) is 24.5 Å². The first kappa shape index (κ1) is 14.9. The molecule has 116 valence electrons. The number of nitrogens with one attached hydrogen (secondary N) is 1. The van der Waals surface area contributed by atoms with Gasteiger partial charge in [-0.3, -0.25) is 4.98 Å². The van der Waals surface area contributed by atoms with E-state index in [1.165, 1.54) is 11.1 Å². The number of rotatable bonds is 6. The zero-order valence-electron chi connectivity index (χ0n) is 12.9. The van der Waals surface area contributed by atoms with Crippen molar-refractivity contribution in [3.8, 4) is 0 Å². The normalized spacial score (nSPS) is 21.0. The molecule has 1 aliphatic heterocycles. The Kier molecular flexibility index (Phi) is 4.96. The highest BCUT2D eigenvalue weighted by Crippen LogP contribution is 2.21. The van der Waals surface area contributed by atoms with Crippen LogP contribution in [0.2, 0.25) is 0 Å². The molecule has 0 spiro atoms. The number of hydrogen-bond acceptors (Lipinski definition) is 5. The molecule has 1 fully saturated rings. The summed E-state index contributed by atoms with van der Waals surface area (Å²) in [6, 6.07) is 4.38. The molecule has 0 saturated carbocycles. The maximum absolute atomic E-state index is 5.64. The van der Waals surface area contributed by atoms with Crippen LogP contribution in [0.15, 0.2) is 36.9 Å². The molecule has 0 amide bonds. The second-order valence-corrected chi connectivity index (χ2v) is 5.77. The lowest BCUT2D eigenvalue weighted by atomic mass is 9.95. The van der Waals surface area contributed by atoms with Crippen LogP contribution in [0.25, 0.3) is 0 Å². The summed E-state index contributed by atoms with van der Waals surface area (Å²) in [4.78, 5) is 12.9. The summed E-state index contributed by atoms with van der Waals surface area (Å²) >= 11 is 0. The van der Waals surface area contributed by atoms with Gasteiger partial charge in [0.25, 0.3) is 0 Å². The molecular formula is C17H22N4O. The van der Waals surface area contributed by atoms with Gasteiger partial charge in [0, 0.05) is 30.7 Å². The molecule has 0 unspecified atom stereocenters. The Labute approximate surface area is 131 Å². The lowest BCUT2D eigenvalue weighted by molar-refractivity contribution is 0.185. The van der Waals surface area contributed by atoms with Crippen molar-refractivity contribution in [3.63, 3.8) is 0 Å². The second-order valence-electron chi connectivity index (χ2n) is 5.77. The minimum Gasteiger partial charge on any atom is -0.379 e. The lowest BCUT2D eigenvalue weighted by Crippen LogP contribution is -2.30. The van der Waals surface area contributed by atoms with Gasteiger partial charge in [-0.25, -0.2) is 9.97 Å². The molecule has 0 aromatic carbocycles. The summed E-state index contributed by atoms with van der Waals surface area (Å²) < 4.78 is 5.64. The first-order valence-electron chi connectivity index (χ1n) is 7.89. The van der Waals surface area contributed by atoms with Crippen molar-refractivity contribution >= 4 is 5.95 Å². The van der Waals surface area contributed by atoms with E-state index in [4.69, 9.17) is 4.74 Å². The summed E-state index contributed by atoms with van der Waals surface area (Å²) in [5.41, 5.74) is 2.47. The average Bonchev–Trinajstić information content (AvgIpc) is 2.97. The maximum atomic E-state index is 5.64. The third kappa shape index (κ3) is 3.80. The van der Waals surface area contributed by atoms with E-state index < -0.39 is 0 Å². The Hall–Kier alpha value is -2.01. The zero-order valence-corrected chi connectivity index (χ0v) is 12.9. The minimum absolute atomic E-state index is 0.255. The van der Waals surface area contributed by atoms with Crippen LogP contribution >= 0.6 is 0 Å². The summed E-state index contributed by atoms with van der Waals surface area (Å²) in [5.74, 6) is 1.12. The molecule has 5 nitrogen and oxygen atoms in total. The summed E-state index contributed by atoms with van der Waals surface area (Å²) in [5, 5.41) is 3.42. The Morgan fingerprint density at radius 3 is 2.64 bits per heavy atom. The third-order valence-corrected chi connectivity index (χ3v) is 4.00. The third-order valence-electron chi connectivity index (χ3n) is 4.00. The fourth-order valence-electron chi connectivity index (χ4n) is 2.79. The Morgan fingerprint density at radius 1 is 1.14 bits per heavy atom. The van der Waals surface area contributed by atoms with Crippen LogP contribution in [-0.2, 0) is 17.6 Å². The van der Waals surface area contributed by atoms with Crippen LogP contribution in [0.5, 0.6) is 0 Å². The van der Waals surface area contributed by atoms with Crippen LogP contribution in [0.3, 0.4) is 0 Å². The van der Waals surface area contributed by atoms with Crippen molar-refractivity contribution in [1.29, 1.82) is 0 Å². The van der Waals surface area contributed by atoms with Gasteiger partial charge >= 0.3 is 0 Å². The number of ether oxygens (including phenoxy) is 1. The van der Waals surface area contributed by atoms with E-state index in [0.717, 1.165) is 25.9 Å². The maximum Gasteiger partial charge on any atom is 0.222 e. The predicted molar refractivity (Wildman–Crippen MR) is 85.7 cm³/mol. The van der Waals surface area contributed by atoms with E-state index in [1.54, 1.807) is 0 Å². The highest BCUT2D eigenvalue weighted by Gasteiger charge is 2.28. The van der Waals surface area contributed by atoms with Gasteiger partial charge < -0.3 is 10.1 Å². The van der Waals surface area contributed by atoms with Gasteiger partial charge in [0.2, 0.25) is 5.95 Å². The highest BCUT2D eigenvalue weighted by molar-refractivity contribution is 5.28. The molecular weight excluding hydrogens is 276 g/mol. The van der Waals surface area contributed by atoms with Crippen molar-refractivity contribution in [2.24, 2.45) is 5.92 Å². The fourth-order valence-corrected chi connectivity index (χ4v) is 2.79. The molecule has 1 aliphatic rings. The summed E-state index contributed by atoms with van der Waals surface area (Å²) in [6.07, 6.45) is 10.6. The van der Waals surface area contributed by atoms with Gasteiger partial charge in [-0.2, -0.15) is 0 Å². The predicted octanol–water partition coefficient (Wildman–Crippen LogP) is 2.49. The van der Waals surface area contributed by atoms with Gasteiger partial charge in [-0.15, -0.1) is 0 Å². The van der Waals surface area contributed by atoms with E-state index >= 15 is 0 Å².